The average Bonchev–Trinajstić information content (AvgIpc) is 2.75. The number of carbonyl (C=O) groups is 2. The number of rotatable bonds is 8. The third kappa shape index (κ3) is 6.49. The van der Waals surface area contributed by atoms with Gasteiger partial charge in [-0.1, -0.05) is 24.3 Å². The summed E-state index contributed by atoms with van der Waals surface area (Å²) in [5, 5.41) is 14.9. The van der Waals surface area contributed by atoms with E-state index >= 15 is 0 Å². The van der Waals surface area contributed by atoms with E-state index in [-0.39, 0.29) is 25.1 Å². The van der Waals surface area contributed by atoms with Crippen molar-refractivity contribution < 1.29 is 23.5 Å². The first-order valence-electron chi connectivity index (χ1n) is 9.79. The Balaban J connectivity index is 1.71. The first kappa shape index (κ1) is 22.7. The molecule has 9 heteroatoms. The highest BCUT2D eigenvalue weighted by atomic mass is 19.2. The molecular formula is C23H22F2N4O3. The van der Waals surface area contributed by atoms with Crippen molar-refractivity contribution in [2.75, 3.05) is 5.73 Å². The second kappa shape index (κ2) is 10.3. The first-order chi connectivity index (χ1) is 15.3. The molecule has 0 fully saturated rings. The van der Waals surface area contributed by atoms with Gasteiger partial charge in [0.1, 0.15) is 17.6 Å². The lowest BCUT2D eigenvalue weighted by atomic mass is 10.0. The van der Waals surface area contributed by atoms with Crippen LogP contribution in [0.2, 0.25) is 0 Å². The Bertz CT molecular complexity index is 1110. The van der Waals surface area contributed by atoms with Crippen LogP contribution in [0.3, 0.4) is 0 Å². The van der Waals surface area contributed by atoms with Crippen LogP contribution >= 0.6 is 0 Å². The second-order valence-corrected chi connectivity index (χ2v) is 7.23. The number of aromatic hydroxyl groups is 1. The zero-order chi connectivity index (χ0) is 23.1. The Hall–Kier alpha value is -4.01. The minimum Gasteiger partial charge on any atom is -0.508 e. The third-order valence-corrected chi connectivity index (χ3v) is 4.67. The number of anilines is 1. The third-order valence-electron chi connectivity index (χ3n) is 4.67. The van der Waals surface area contributed by atoms with Gasteiger partial charge in [0.2, 0.25) is 11.8 Å². The number of nitrogens with zero attached hydrogens (tertiary/aromatic N) is 1. The van der Waals surface area contributed by atoms with E-state index in [1.807, 2.05) is 0 Å². The summed E-state index contributed by atoms with van der Waals surface area (Å²) in [6.45, 7) is 0.142. The molecule has 0 aliphatic rings. The minimum absolute atomic E-state index is 0.0171. The molecule has 0 aliphatic heterocycles. The highest BCUT2D eigenvalue weighted by molar-refractivity contribution is 5.88. The molecule has 32 heavy (non-hydrogen) atoms. The minimum atomic E-state index is -1.04. The molecule has 0 aliphatic carbocycles. The Morgan fingerprint density at radius 1 is 1.00 bits per heavy atom. The van der Waals surface area contributed by atoms with Gasteiger partial charge in [-0.3, -0.25) is 9.59 Å². The summed E-state index contributed by atoms with van der Waals surface area (Å²) in [6, 6.07) is 11.8. The van der Waals surface area contributed by atoms with Crippen LogP contribution < -0.4 is 16.4 Å². The van der Waals surface area contributed by atoms with Crippen molar-refractivity contribution in [3.63, 3.8) is 0 Å². The predicted octanol–water partition coefficient (Wildman–Crippen LogP) is 2.23. The lowest BCUT2D eigenvalue weighted by Crippen LogP contribution is -2.48. The number of pyridine rings is 1. The Kier molecular flexibility index (Phi) is 7.33. The number of benzene rings is 2. The molecule has 0 bridgehead atoms. The van der Waals surface area contributed by atoms with Gasteiger partial charge in [0, 0.05) is 19.2 Å². The van der Waals surface area contributed by atoms with Crippen molar-refractivity contribution in [1.82, 2.24) is 15.6 Å². The van der Waals surface area contributed by atoms with E-state index in [0.717, 1.165) is 12.1 Å². The van der Waals surface area contributed by atoms with E-state index in [2.05, 4.69) is 15.6 Å². The Morgan fingerprint density at radius 3 is 2.47 bits per heavy atom. The number of phenolic OH excluding ortho intramolecular Hbond substituents is 1. The summed E-state index contributed by atoms with van der Waals surface area (Å²) in [5.74, 6) is -2.65. The van der Waals surface area contributed by atoms with Gasteiger partial charge in [-0.25, -0.2) is 13.8 Å². The molecule has 2 amide bonds. The van der Waals surface area contributed by atoms with E-state index in [1.54, 1.807) is 24.3 Å². The van der Waals surface area contributed by atoms with Crippen molar-refractivity contribution >= 4 is 17.6 Å². The van der Waals surface area contributed by atoms with Gasteiger partial charge in [-0.2, -0.15) is 0 Å². The highest BCUT2D eigenvalue weighted by Crippen LogP contribution is 2.13. The fourth-order valence-corrected chi connectivity index (χ4v) is 3.06. The molecule has 2 aromatic carbocycles. The molecule has 7 nitrogen and oxygen atoms in total. The van der Waals surface area contributed by atoms with Crippen LogP contribution in [0.15, 0.2) is 60.8 Å². The van der Waals surface area contributed by atoms with E-state index in [0.29, 0.717) is 22.5 Å². The van der Waals surface area contributed by atoms with Crippen LogP contribution in [0.5, 0.6) is 5.75 Å². The zero-order valence-electron chi connectivity index (χ0n) is 17.0. The number of hydrogen-bond donors (Lipinski definition) is 4. The van der Waals surface area contributed by atoms with E-state index < -0.39 is 29.5 Å². The van der Waals surface area contributed by atoms with Crippen molar-refractivity contribution in [3.05, 3.63) is 89.1 Å². The smallest absolute Gasteiger partial charge is 0.243 e. The lowest BCUT2D eigenvalue weighted by Gasteiger charge is -2.19. The average molecular weight is 440 g/mol. The molecular weight excluding hydrogens is 418 g/mol. The summed E-state index contributed by atoms with van der Waals surface area (Å²) < 4.78 is 26.9. The standard InChI is InChI=1S/C23H22F2N4O3/c24-18-6-4-15(9-19(18)25)10-20(23(32)28-13-16-5-7-21(26)27-12-16)29-22(31)11-14-2-1-3-17(30)8-14/h1-9,12,20,30H,10-11,13H2,(H2,26,27)(H,28,32)(H,29,31). The molecule has 0 saturated heterocycles. The molecule has 5 N–H and O–H groups in total. The van der Waals surface area contributed by atoms with Crippen molar-refractivity contribution in [1.29, 1.82) is 0 Å². The highest BCUT2D eigenvalue weighted by Gasteiger charge is 2.22. The maximum Gasteiger partial charge on any atom is 0.243 e. The van der Waals surface area contributed by atoms with Crippen LogP contribution in [-0.4, -0.2) is 27.9 Å². The van der Waals surface area contributed by atoms with E-state index in [1.165, 1.54) is 24.4 Å². The zero-order valence-corrected chi connectivity index (χ0v) is 17.0. The van der Waals surface area contributed by atoms with Gasteiger partial charge in [0.05, 0.1) is 6.42 Å². The predicted molar refractivity (Wildman–Crippen MR) is 114 cm³/mol. The topological polar surface area (TPSA) is 117 Å². The molecule has 3 rings (SSSR count). The number of hydrogen-bond acceptors (Lipinski definition) is 5. The number of aromatic nitrogens is 1. The molecule has 0 spiro atoms. The molecule has 1 aromatic heterocycles. The molecule has 1 unspecified atom stereocenters. The van der Waals surface area contributed by atoms with Crippen LogP contribution in [0.25, 0.3) is 0 Å². The van der Waals surface area contributed by atoms with Crippen molar-refractivity contribution in [3.8, 4) is 5.75 Å². The summed E-state index contributed by atoms with van der Waals surface area (Å²) in [5.41, 5.74) is 7.15. The van der Waals surface area contributed by atoms with Crippen molar-refractivity contribution in [2.45, 2.75) is 25.4 Å². The van der Waals surface area contributed by atoms with Gasteiger partial charge in [-0.05, 0) is 47.0 Å². The van der Waals surface area contributed by atoms with E-state index in [4.69, 9.17) is 5.73 Å². The molecule has 1 heterocycles. The lowest BCUT2D eigenvalue weighted by molar-refractivity contribution is -0.128. The van der Waals surface area contributed by atoms with Crippen LogP contribution in [0.1, 0.15) is 16.7 Å². The maximum atomic E-state index is 13.6. The SMILES string of the molecule is Nc1ccc(CNC(=O)C(Cc2ccc(F)c(F)c2)NC(=O)Cc2cccc(O)c2)cn1. The molecule has 166 valence electrons. The fraction of sp³-hybridized carbons (Fsp3) is 0.174. The van der Waals surface area contributed by atoms with Gasteiger partial charge in [-0.15, -0.1) is 0 Å². The first-order valence-corrected chi connectivity index (χ1v) is 9.79. The Morgan fingerprint density at radius 2 is 1.78 bits per heavy atom. The van der Waals surface area contributed by atoms with Crippen LogP contribution in [-0.2, 0) is 29.0 Å². The normalized spacial score (nSPS) is 11.6. The summed E-state index contributed by atoms with van der Waals surface area (Å²) >= 11 is 0. The van der Waals surface area contributed by atoms with Gasteiger partial charge in [0.15, 0.2) is 11.6 Å². The second-order valence-electron chi connectivity index (χ2n) is 7.23. The molecule has 0 radical (unpaired) electrons. The number of nitrogens with one attached hydrogen (secondary N) is 2. The monoisotopic (exact) mass is 440 g/mol. The van der Waals surface area contributed by atoms with E-state index in [9.17, 15) is 23.5 Å². The quantitative estimate of drug-likeness (QED) is 0.429. The Labute approximate surface area is 183 Å². The number of nitrogens with two attached hydrogens (primary N) is 1. The van der Waals surface area contributed by atoms with Crippen LogP contribution in [0, 0.1) is 11.6 Å². The fourth-order valence-electron chi connectivity index (χ4n) is 3.06. The number of carbonyl (C=O) groups excluding carboxylic acids is 2. The van der Waals surface area contributed by atoms with Gasteiger partial charge in [0.25, 0.3) is 0 Å². The summed E-state index contributed by atoms with van der Waals surface area (Å²) in [4.78, 5) is 29.3. The number of nitrogen functional groups attached to an aromatic ring is 1. The largest absolute Gasteiger partial charge is 0.508 e. The van der Waals surface area contributed by atoms with Gasteiger partial charge >= 0.3 is 0 Å². The summed E-state index contributed by atoms with van der Waals surface area (Å²) in [6.07, 6.45) is 1.40. The summed E-state index contributed by atoms with van der Waals surface area (Å²) in [7, 11) is 0. The maximum absolute atomic E-state index is 13.6. The molecule has 1 atom stereocenters. The molecule has 0 saturated carbocycles. The number of halogens is 2. The van der Waals surface area contributed by atoms with Crippen LogP contribution in [0.4, 0.5) is 14.6 Å². The molecule has 3 aromatic rings. The van der Waals surface area contributed by atoms with Crippen molar-refractivity contribution in [2.24, 2.45) is 0 Å². The number of phenols is 1. The number of amides is 2. The van der Waals surface area contributed by atoms with Gasteiger partial charge < -0.3 is 21.5 Å².